The van der Waals surface area contributed by atoms with Crippen LogP contribution in [-0.2, 0) is 17.9 Å². The van der Waals surface area contributed by atoms with Crippen molar-refractivity contribution in [2.75, 3.05) is 13.1 Å². The van der Waals surface area contributed by atoms with Crippen molar-refractivity contribution in [2.45, 2.75) is 53.1 Å². The van der Waals surface area contributed by atoms with Gasteiger partial charge in [-0.05, 0) is 32.6 Å². The van der Waals surface area contributed by atoms with E-state index in [0.717, 1.165) is 42.8 Å². The van der Waals surface area contributed by atoms with Crippen LogP contribution in [0, 0.1) is 12.8 Å². The summed E-state index contributed by atoms with van der Waals surface area (Å²) in [5.41, 5.74) is 3.09. The Hall–Kier alpha value is -1.85. The zero-order chi connectivity index (χ0) is 15.7. The Morgan fingerprint density at radius 1 is 1.41 bits per heavy atom. The van der Waals surface area contributed by atoms with Crippen molar-refractivity contribution in [3.05, 3.63) is 11.9 Å². The molecule has 2 aromatic rings. The molecule has 3 rings (SSSR count). The summed E-state index contributed by atoms with van der Waals surface area (Å²) in [4.78, 5) is 14.4. The van der Waals surface area contributed by atoms with E-state index in [1.54, 1.807) is 0 Å². The fourth-order valence-electron chi connectivity index (χ4n) is 3.40. The van der Waals surface area contributed by atoms with E-state index in [9.17, 15) is 4.79 Å². The number of amides is 1. The Labute approximate surface area is 131 Å². The lowest BCUT2D eigenvalue weighted by molar-refractivity contribution is -0.133. The zero-order valence-electron chi connectivity index (χ0n) is 13.7. The van der Waals surface area contributed by atoms with Crippen molar-refractivity contribution >= 4 is 16.9 Å². The third-order valence-corrected chi connectivity index (χ3v) is 4.56. The van der Waals surface area contributed by atoms with Gasteiger partial charge in [0.2, 0.25) is 5.91 Å². The number of nitrogens with zero attached hydrogens (tertiary/aromatic N) is 5. The van der Waals surface area contributed by atoms with E-state index in [2.05, 4.69) is 24.0 Å². The van der Waals surface area contributed by atoms with Gasteiger partial charge in [0.1, 0.15) is 11.0 Å². The molecule has 1 aliphatic rings. The van der Waals surface area contributed by atoms with Crippen LogP contribution >= 0.6 is 0 Å². The number of carbonyl (C=O) groups is 1. The minimum atomic E-state index is 0.246. The van der Waals surface area contributed by atoms with Crippen LogP contribution in [0.5, 0.6) is 0 Å². The lowest BCUT2D eigenvalue weighted by Gasteiger charge is -2.31. The second-order valence-electron chi connectivity index (χ2n) is 6.34. The molecule has 0 aliphatic carbocycles. The summed E-state index contributed by atoms with van der Waals surface area (Å²) in [7, 11) is 0. The fraction of sp³-hybridized carbons (Fsp3) is 0.688. The van der Waals surface area contributed by atoms with E-state index in [4.69, 9.17) is 0 Å². The standard InChI is InChI=1S/C16H25N5O/c1-4-20-14-10-17-21(16(14)13(3)18-20)9-7-15(22)19-8-5-6-12(2)11-19/h10,12H,4-9,11H2,1-3H3. The zero-order valence-corrected chi connectivity index (χ0v) is 13.7. The topological polar surface area (TPSA) is 56.0 Å². The molecule has 0 saturated carbocycles. The molecule has 0 N–H and O–H groups in total. The molecule has 6 heteroatoms. The van der Waals surface area contributed by atoms with Gasteiger partial charge in [0.05, 0.1) is 18.4 Å². The highest BCUT2D eigenvalue weighted by Gasteiger charge is 2.21. The van der Waals surface area contributed by atoms with Crippen LogP contribution in [0.3, 0.4) is 0 Å². The van der Waals surface area contributed by atoms with Crippen LogP contribution in [0.1, 0.15) is 38.8 Å². The Morgan fingerprint density at radius 2 is 2.23 bits per heavy atom. The lowest BCUT2D eigenvalue weighted by Crippen LogP contribution is -2.39. The van der Waals surface area contributed by atoms with Gasteiger partial charge in [-0.1, -0.05) is 6.92 Å². The highest BCUT2D eigenvalue weighted by molar-refractivity contribution is 5.79. The van der Waals surface area contributed by atoms with Gasteiger partial charge < -0.3 is 4.90 Å². The SMILES string of the molecule is CCn1nc(C)c2c1cnn2CCC(=O)N1CCCC(C)C1. The number of aromatic nitrogens is 4. The Bertz CT molecular complexity index is 671. The maximum Gasteiger partial charge on any atom is 0.224 e. The van der Waals surface area contributed by atoms with E-state index in [1.165, 1.54) is 6.42 Å². The van der Waals surface area contributed by atoms with Crippen molar-refractivity contribution in [2.24, 2.45) is 5.92 Å². The molecule has 0 spiro atoms. The van der Waals surface area contributed by atoms with Crippen molar-refractivity contribution in [3.63, 3.8) is 0 Å². The number of piperidine rings is 1. The molecular weight excluding hydrogens is 278 g/mol. The number of hydrogen-bond acceptors (Lipinski definition) is 3. The summed E-state index contributed by atoms with van der Waals surface area (Å²) in [6, 6.07) is 0. The number of rotatable bonds is 4. The van der Waals surface area contributed by atoms with E-state index in [-0.39, 0.29) is 5.91 Å². The number of carbonyl (C=O) groups excluding carboxylic acids is 1. The van der Waals surface area contributed by atoms with Gasteiger partial charge in [0.15, 0.2) is 0 Å². The quantitative estimate of drug-likeness (QED) is 0.870. The van der Waals surface area contributed by atoms with Crippen LogP contribution in [-0.4, -0.2) is 43.5 Å². The Morgan fingerprint density at radius 3 is 2.95 bits per heavy atom. The molecule has 0 radical (unpaired) electrons. The predicted octanol–water partition coefficient (Wildman–Crippen LogP) is 2.21. The average molecular weight is 303 g/mol. The first-order valence-electron chi connectivity index (χ1n) is 8.26. The molecule has 3 heterocycles. The van der Waals surface area contributed by atoms with Crippen molar-refractivity contribution in [1.29, 1.82) is 0 Å². The van der Waals surface area contributed by atoms with Gasteiger partial charge in [-0.2, -0.15) is 10.2 Å². The van der Waals surface area contributed by atoms with Gasteiger partial charge in [-0.3, -0.25) is 14.2 Å². The van der Waals surface area contributed by atoms with Gasteiger partial charge in [-0.15, -0.1) is 0 Å². The third-order valence-electron chi connectivity index (χ3n) is 4.56. The lowest BCUT2D eigenvalue weighted by atomic mass is 10.00. The molecule has 1 atom stereocenters. The Kier molecular flexibility index (Phi) is 4.18. The molecule has 1 aliphatic heterocycles. The molecular formula is C16H25N5O. The molecule has 6 nitrogen and oxygen atoms in total. The molecule has 1 saturated heterocycles. The first-order valence-corrected chi connectivity index (χ1v) is 8.26. The van der Waals surface area contributed by atoms with Crippen molar-refractivity contribution < 1.29 is 4.79 Å². The highest BCUT2D eigenvalue weighted by atomic mass is 16.2. The van der Waals surface area contributed by atoms with Gasteiger partial charge in [0.25, 0.3) is 0 Å². The molecule has 1 unspecified atom stereocenters. The largest absolute Gasteiger partial charge is 0.342 e. The van der Waals surface area contributed by atoms with Crippen LogP contribution in [0.2, 0.25) is 0 Å². The molecule has 0 bridgehead atoms. The first kappa shape index (κ1) is 15.1. The smallest absolute Gasteiger partial charge is 0.224 e. The number of hydrogen-bond donors (Lipinski definition) is 0. The first-order chi connectivity index (χ1) is 10.6. The van der Waals surface area contributed by atoms with Crippen LogP contribution < -0.4 is 0 Å². The summed E-state index contributed by atoms with van der Waals surface area (Å²) >= 11 is 0. The van der Waals surface area contributed by atoms with Gasteiger partial charge in [0, 0.05) is 26.1 Å². The highest BCUT2D eigenvalue weighted by Crippen LogP contribution is 2.19. The van der Waals surface area contributed by atoms with Crippen molar-refractivity contribution in [3.8, 4) is 0 Å². The number of aryl methyl sites for hydroxylation is 3. The fourth-order valence-corrected chi connectivity index (χ4v) is 3.40. The number of likely N-dealkylation sites (tertiary alicyclic amines) is 1. The van der Waals surface area contributed by atoms with E-state index in [0.29, 0.717) is 18.9 Å². The van der Waals surface area contributed by atoms with E-state index < -0.39 is 0 Å². The maximum absolute atomic E-state index is 12.4. The van der Waals surface area contributed by atoms with E-state index in [1.807, 2.05) is 27.4 Å². The second-order valence-corrected chi connectivity index (χ2v) is 6.34. The minimum absolute atomic E-state index is 0.246. The summed E-state index contributed by atoms with van der Waals surface area (Å²) < 4.78 is 3.89. The van der Waals surface area contributed by atoms with Gasteiger partial charge >= 0.3 is 0 Å². The van der Waals surface area contributed by atoms with Crippen molar-refractivity contribution in [1.82, 2.24) is 24.5 Å². The maximum atomic E-state index is 12.4. The van der Waals surface area contributed by atoms with Gasteiger partial charge in [-0.25, -0.2) is 0 Å². The van der Waals surface area contributed by atoms with Crippen LogP contribution in [0.15, 0.2) is 6.20 Å². The summed E-state index contributed by atoms with van der Waals surface area (Å²) in [6.45, 7) is 9.57. The summed E-state index contributed by atoms with van der Waals surface area (Å²) in [5.74, 6) is 0.870. The molecule has 2 aromatic heterocycles. The van der Waals surface area contributed by atoms with Crippen LogP contribution in [0.4, 0.5) is 0 Å². The molecule has 120 valence electrons. The molecule has 22 heavy (non-hydrogen) atoms. The summed E-state index contributed by atoms with van der Waals surface area (Å²) in [5, 5.41) is 8.96. The molecule has 0 aromatic carbocycles. The predicted molar refractivity (Wildman–Crippen MR) is 85.5 cm³/mol. The summed E-state index contributed by atoms with van der Waals surface area (Å²) in [6.07, 6.45) is 4.73. The Balaban J connectivity index is 1.69. The normalized spacial score (nSPS) is 19.0. The van der Waals surface area contributed by atoms with E-state index >= 15 is 0 Å². The molecule has 1 amide bonds. The average Bonchev–Trinajstić information content (AvgIpc) is 3.06. The molecule has 1 fully saturated rings. The number of fused-ring (bicyclic) bond motifs is 1. The minimum Gasteiger partial charge on any atom is -0.342 e. The third kappa shape index (κ3) is 2.74. The second kappa shape index (κ2) is 6.10. The monoisotopic (exact) mass is 303 g/mol. The van der Waals surface area contributed by atoms with Crippen LogP contribution in [0.25, 0.3) is 11.0 Å².